The van der Waals surface area contributed by atoms with Gasteiger partial charge in [-0.25, -0.2) is 4.98 Å². The minimum absolute atomic E-state index is 0.759. The second-order valence-electron chi connectivity index (χ2n) is 4.15. The summed E-state index contributed by atoms with van der Waals surface area (Å²) < 4.78 is 0. The van der Waals surface area contributed by atoms with E-state index in [2.05, 4.69) is 27.8 Å². The Bertz CT molecular complexity index is 659. The SMILES string of the molecule is Nc1ccc(Nc2nc(-c3ccccc3)cs2)cc1. The maximum absolute atomic E-state index is 5.66. The van der Waals surface area contributed by atoms with Gasteiger partial charge in [-0.2, -0.15) is 0 Å². The maximum Gasteiger partial charge on any atom is 0.187 e. The van der Waals surface area contributed by atoms with Crippen LogP contribution in [0.4, 0.5) is 16.5 Å². The van der Waals surface area contributed by atoms with Crippen molar-refractivity contribution in [2.45, 2.75) is 0 Å². The third-order valence-electron chi connectivity index (χ3n) is 2.74. The Morgan fingerprint density at radius 2 is 1.68 bits per heavy atom. The number of benzene rings is 2. The monoisotopic (exact) mass is 267 g/mol. The molecule has 4 heteroatoms. The van der Waals surface area contributed by atoms with Gasteiger partial charge in [0.05, 0.1) is 5.69 Å². The predicted octanol–water partition coefficient (Wildman–Crippen LogP) is 4.14. The number of nitrogens with zero attached hydrogens (tertiary/aromatic N) is 1. The van der Waals surface area contributed by atoms with E-state index in [-0.39, 0.29) is 0 Å². The van der Waals surface area contributed by atoms with Crippen molar-refractivity contribution in [1.29, 1.82) is 0 Å². The molecule has 2 aromatic carbocycles. The highest BCUT2D eigenvalue weighted by molar-refractivity contribution is 7.14. The fraction of sp³-hybridized carbons (Fsp3) is 0. The van der Waals surface area contributed by atoms with Gasteiger partial charge in [-0.15, -0.1) is 11.3 Å². The first-order chi connectivity index (χ1) is 9.31. The molecule has 3 nitrogen and oxygen atoms in total. The number of anilines is 3. The van der Waals surface area contributed by atoms with E-state index in [4.69, 9.17) is 5.73 Å². The molecule has 19 heavy (non-hydrogen) atoms. The first-order valence-corrected chi connectivity index (χ1v) is 6.83. The van der Waals surface area contributed by atoms with E-state index in [9.17, 15) is 0 Å². The van der Waals surface area contributed by atoms with Crippen LogP contribution in [0, 0.1) is 0 Å². The summed E-state index contributed by atoms with van der Waals surface area (Å²) in [6.45, 7) is 0. The summed E-state index contributed by atoms with van der Waals surface area (Å²) >= 11 is 1.59. The van der Waals surface area contributed by atoms with Crippen molar-refractivity contribution in [2.75, 3.05) is 11.1 Å². The van der Waals surface area contributed by atoms with Crippen molar-refractivity contribution >= 4 is 27.8 Å². The van der Waals surface area contributed by atoms with Gasteiger partial charge < -0.3 is 11.1 Å². The molecule has 1 heterocycles. The maximum atomic E-state index is 5.66. The van der Waals surface area contributed by atoms with Crippen molar-refractivity contribution in [3.8, 4) is 11.3 Å². The number of thiazole rings is 1. The molecule has 0 aliphatic rings. The van der Waals surface area contributed by atoms with Crippen LogP contribution in [0.5, 0.6) is 0 Å². The van der Waals surface area contributed by atoms with E-state index in [1.807, 2.05) is 42.5 Å². The van der Waals surface area contributed by atoms with E-state index < -0.39 is 0 Å². The van der Waals surface area contributed by atoms with Crippen molar-refractivity contribution < 1.29 is 0 Å². The first-order valence-electron chi connectivity index (χ1n) is 5.95. The Morgan fingerprint density at radius 3 is 2.42 bits per heavy atom. The standard InChI is InChI=1S/C15H13N3S/c16-12-6-8-13(9-7-12)17-15-18-14(10-19-15)11-4-2-1-3-5-11/h1-10H,16H2,(H,17,18). The molecule has 0 saturated carbocycles. The largest absolute Gasteiger partial charge is 0.399 e. The molecule has 1 aromatic heterocycles. The highest BCUT2D eigenvalue weighted by atomic mass is 32.1. The molecule has 0 unspecified atom stereocenters. The minimum atomic E-state index is 0.759. The van der Waals surface area contributed by atoms with E-state index in [0.29, 0.717) is 0 Å². The van der Waals surface area contributed by atoms with Gasteiger partial charge >= 0.3 is 0 Å². The van der Waals surface area contributed by atoms with Gasteiger partial charge in [0.15, 0.2) is 5.13 Å². The third-order valence-corrected chi connectivity index (χ3v) is 3.49. The van der Waals surface area contributed by atoms with Crippen LogP contribution >= 0.6 is 11.3 Å². The average Bonchev–Trinajstić information content (AvgIpc) is 2.91. The molecule has 0 radical (unpaired) electrons. The molecule has 0 aliphatic carbocycles. The molecule has 0 bridgehead atoms. The van der Waals surface area contributed by atoms with Gasteiger partial charge in [-0.05, 0) is 24.3 Å². The second-order valence-corrected chi connectivity index (χ2v) is 5.01. The minimum Gasteiger partial charge on any atom is -0.399 e. The molecule has 94 valence electrons. The van der Waals surface area contributed by atoms with Crippen LogP contribution in [0.3, 0.4) is 0 Å². The molecular formula is C15H13N3S. The van der Waals surface area contributed by atoms with Gasteiger partial charge in [0, 0.05) is 22.3 Å². The normalized spacial score (nSPS) is 10.3. The smallest absolute Gasteiger partial charge is 0.187 e. The van der Waals surface area contributed by atoms with Crippen LogP contribution < -0.4 is 11.1 Å². The van der Waals surface area contributed by atoms with Gasteiger partial charge in [0.1, 0.15) is 0 Å². The lowest BCUT2D eigenvalue weighted by Crippen LogP contribution is -1.90. The number of hydrogen-bond donors (Lipinski definition) is 2. The topological polar surface area (TPSA) is 50.9 Å². The lowest BCUT2D eigenvalue weighted by atomic mass is 10.2. The van der Waals surface area contributed by atoms with E-state index in [0.717, 1.165) is 27.8 Å². The molecular weight excluding hydrogens is 254 g/mol. The van der Waals surface area contributed by atoms with Crippen LogP contribution in [0.1, 0.15) is 0 Å². The fourth-order valence-electron chi connectivity index (χ4n) is 1.76. The lowest BCUT2D eigenvalue weighted by molar-refractivity contribution is 1.38. The van der Waals surface area contributed by atoms with Crippen molar-refractivity contribution in [3.05, 3.63) is 60.0 Å². The molecule has 0 fully saturated rings. The number of aromatic nitrogens is 1. The Hall–Kier alpha value is -2.33. The molecule has 0 atom stereocenters. The molecule has 0 saturated heterocycles. The first kappa shape index (κ1) is 11.7. The van der Waals surface area contributed by atoms with Crippen molar-refractivity contribution in [3.63, 3.8) is 0 Å². The molecule has 0 amide bonds. The summed E-state index contributed by atoms with van der Waals surface area (Å²) in [6, 6.07) is 17.8. The number of hydrogen-bond acceptors (Lipinski definition) is 4. The van der Waals surface area contributed by atoms with Crippen LogP contribution in [0.2, 0.25) is 0 Å². The predicted molar refractivity (Wildman–Crippen MR) is 81.7 cm³/mol. The second kappa shape index (κ2) is 5.12. The zero-order valence-electron chi connectivity index (χ0n) is 10.2. The molecule has 0 aliphatic heterocycles. The van der Waals surface area contributed by atoms with Gasteiger partial charge in [0.25, 0.3) is 0 Å². The molecule has 3 N–H and O–H groups in total. The summed E-state index contributed by atoms with van der Waals surface area (Å²) in [7, 11) is 0. The zero-order valence-corrected chi connectivity index (χ0v) is 11.0. The summed E-state index contributed by atoms with van der Waals surface area (Å²) in [5, 5.41) is 6.20. The summed E-state index contributed by atoms with van der Waals surface area (Å²) in [5.74, 6) is 0. The highest BCUT2D eigenvalue weighted by Crippen LogP contribution is 2.27. The Kier molecular flexibility index (Phi) is 3.16. The number of nitrogen functional groups attached to an aromatic ring is 1. The van der Waals surface area contributed by atoms with Crippen molar-refractivity contribution in [2.24, 2.45) is 0 Å². The Balaban J connectivity index is 1.80. The highest BCUT2D eigenvalue weighted by Gasteiger charge is 2.04. The zero-order chi connectivity index (χ0) is 13.1. The summed E-state index contributed by atoms with van der Waals surface area (Å²) in [5.41, 5.74) is 9.53. The van der Waals surface area contributed by atoms with Crippen LogP contribution in [-0.2, 0) is 0 Å². The van der Waals surface area contributed by atoms with E-state index in [1.165, 1.54) is 0 Å². The van der Waals surface area contributed by atoms with Crippen LogP contribution in [-0.4, -0.2) is 4.98 Å². The Morgan fingerprint density at radius 1 is 0.947 bits per heavy atom. The quantitative estimate of drug-likeness (QED) is 0.701. The van der Waals surface area contributed by atoms with Crippen LogP contribution in [0.15, 0.2) is 60.0 Å². The lowest BCUT2D eigenvalue weighted by Gasteiger charge is -2.02. The van der Waals surface area contributed by atoms with Gasteiger partial charge in [-0.1, -0.05) is 30.3 Å². The number of nitrogens with two attached hydrogens (primary N) is 1. The molecule has 3 aromatic rings. The van der Waals surface area contributed by atoms with Crippen molar-refractivity contribution in [1.82, 2.24) is 4.98 Å². The molecule has 3 rings (SSSR count). The molecule has 0 spiro atoms. The van der Waals surface area contributed by atoms with Crippen LogP contribution in [0.25, 0.3) is 11.3 Å². The summed E-state index contributed by atoms with van der Waals surface area (Å²) in [4.78, 5) is 4.57. The third kappa shape index (κ3) is 2.74. The van der Waals surface area contributed by atoms with Gasteiger partial charge in [-0.3, -0.25) is 0 Å². The van der Waals surface area contributed by atoms with E-state index >= 15 is 0 Å². The summed E-state index contributed by atoms with van der Waals surface area (Å²) in [6.07, 6.45) is 0. The average molecular weight is 267 g/mol. The Labute approximate surface area is 115 Å². The fourth-order valence-corrected chi connectivity index (χ4v) is 2.50. The number of rotatable bonds is 3. The van der Waals surface area contributed by atoms with E-state index in [1.54, 1.807) is 11.3 Å². The van der Waals surface area contributed by atoms with Gasteiger partial charge in [0.2, 0.25) is 0 Å². The number of nitrogens with one attached hydrogen (secondary N) is 1.